The summed E-state index contributed by atoms with van der Waals surface area (Å²) in [5.41, 5.74) is -0.478. The van der Waals surface area contributed by atoms with E-state index >= 15 is 0 Å². The number of nitrogens with one attached hydrogen (secondary N) is 2. The van der Waals surface area contributed by atoms with Crippen molar-refractivity contribution in [3.8, 4) is 0 Å². The highest BCUT2D eigenvalue weighted by atomic mass is 16.2. The van der Waals surface area contributed by atoms with Crippen LogP contribution in [0, 0.1) is 0 Å². The summed E-state index contributed by atoms with van der Waals surface area (Å²) in [5, 5.41) is 5.15. The van der Waals surface area contributed by atoms with Gasteiger partial charge in [0, 0.05) is 13.1 Å². The van der Waals surface area contributed by atoms with Gasteiger partial charge in [0.15, 0.2) is 5.54 Å². The van der Waals surface area contributed by atoms with E-state index in [0.717, 1.165) is 10.5 Å². The zero-order valence-electron chi connectivity index (χ0n) is 11.5. The van der Waals surface area contributed by atoms with Crippen molar-refractivity contribution in [1.29, 1.82) is 0 Å². The maximum atomic E-state index is 12.3. The van der Waals surface area contributed by atoms with Crippen LogP contribution in [0.15, 0.2) is 30.3 Å². The molecule has 0 aliphatic carbocycles. The first-order valence-corrected chi connectivity index (χ1v) is 6.45. The molecule has 6 nitrogen and oxygen atoms in total. The number of likely N-dealkylation sites (N-methyl/N-ethyl adjacent to an activating group) is 1. The van der Waals surface area contributed by atoms with Crippen LogP contribution in [0.4, 0.5) is 4.79 Å². The molecule has 2 N–H and O–H groups in total. The number of amides is 4. The largest absolute Gasteiger partial charge is 0.330 e. The van der Waals surface area contributed by atoms with Gasteiger partial charge in [0.05, 0.1) is 0 Å². The molecule has 0 radical (unpaired) electrons. The van der Waals surface area contributed by atoms with Crippen LogP contribution in [-0.2, 0) is 16.1 Å². The number of barbiturate groups is 1. The number of hydrogen-bond donors (Lipinski definition) is 2. The number of nitrogens with zero attached hydrogens (tertiary/aromatic N) is 1. The Morgan fingerprint density at radius 3 is 2.45 bits per heavy atom. The quantitative estimate of drug-likeness (QED) is 0.790. The SMILES string of the molecule is CCN1C(=O)NC(=O)C(C)(NCc2ccccc2)C1=O. The van der Waals surface area contributed by atoms with Crippen molar-refractivity contribution in [2.75, 3.05) is 6.54 Å². The van der Waals surface area contributed by atoms with E-state index in [9.17, 15) is 14.4 Å². The number of urea groups is 1. The molecule has 1 aromatic rings. The summed E-state index contributed by atoms with van der Waals surface area (Å²) in [4.78, 5) is 36.9. The third-order valence-corrected chi connectivity index (χ3v) is 3.40. The Kier molecular flexibility index (Phi) is 3.85. The Bertz CT molecular complexity index is 544. The minimum Gasteiger partial charge on any atom is -0.292 e. The lowest BCUT2D eigenvalue weighted by molar-refractivity contribution is -0.145. The molecule has 0 bridgehead atoms. The second-order valence-corrected chi connectivity index (χ2v) is 4.77. The van der Waals surface area contributed by atoms with Gasteiger partial charge in [0.1, 0.15) is 0 Å². The molecule has 1 aromatic carbocycles. The highest BCUT2D eigenvalue weighted by molar-refractivity contribution is 6.22. The van der Waals surface area contributed by atoms with E-state index in [2.05, 4.69) is 10.6 Å². The first-order chi connectivity index (χ1) is 9.49. The summed E-state index contributed by atoms with van der Waals surface area (Å²) in [5.74, 6) is -1.14. The van der Waals surface area contributed by atoms with E-state index in [1.54, 1.807) is 6.92 Å². The molecule has 1 heterocycles. The molecule has 6 heteroatoms. The number of benzene rings is 1. The molecule has 0 spiro atoms. The predicted octanol–water partition coefficient (Wildman–Crippen LogP) is 0.633. The summed E-state index contributed by atoms with van der Waals surface area (Å²) in [6, 6.07) is 8.77. The third kappa shape index (κ3) is 2.42. The summed E-state index contributed by atoms with van der Waals surface area (Å²) < 4.78 is 0. The highest BCUT2D eigenvalue weighted by Gasteiger charge is 2.49. The fourth-order valence-electron chi connectivity index (χ4n) is 2.07. The fraction of sp³-hybridized carbons (Fsp3) is 0.357. The van der Waals surface area contributed by atoms with Gasteiger partial charge in [0.25, 0.3) is 11.8 Å². The zero-order chi connectivity index (χ0) is 14.8. The lowest BCUT2D eigenvalue weighted by Gasteiger charge is -2.37. The van der Waals surface area contributed by atoms with Crippen molar-refractivity contribution in [3.05, 3.63) is 35.9 Å². The van der Waals surface area contributed by atoms with Crippen LogP contribution in [0.25, 0.3) is 0 Å². The summed E-state index contributed by atoms with van der Waals surface area (Å²) in [6.45, 7) is 3.76. The number of hydrogen-bond acceptors (Lipinski definition) is 4. The Balaban J connectivity index is 2.17. The number of carbonyl (C=O) groups excluding carboxylic acids is 3. The van der Waals surface area contributed by atoms with Gasteiger partial charge in [-0.05, 0) is 19.4 Å². The Morgan fingerprint density at radius 1 is 1.20 bits per heavy atom. The summed E-state index contributed by atoms with van der Waals surface area (Å²) in [6.07, 6.45) is 0. The molecule has 1 aliphatic rings. The number of carbonyl (C=O) groups is 3. The molecule has 1 fully saturated rings. The van der Waals surface area contributed by atoms with Gasteiger partial charge in [-0.25, -0.2) is 4.79 Å². The van der Waals surface area contributed by atoms with Crippen LogP contribution >= 0.6 is 0 Å². The van der Waals surface area contributed by atoms with Crippen molar-refractivity contribution < 1.29 is 14.4 Å². The standard InChI is InChI=1S/C14H17N3O3/c1-3-17-12(19)14(2,11(18)16-13(17)20)15-9-10-7-5-4-6-8-10/h4-8,15H,3,9H2,1-2H3,(H,16,18,20). The lowest BCUT2D eigenvalue weighted by atomic mass is 9.96. The monoisotopic (exact) mass is 275 g/mol. The zero-order valence-corrected chi connectivity index (χ0v) is 11.5. The molecule has 0 aromatic heterocycles. The number of imide groups is 2. The Morgan fingerprint density at radius 2 is 1.85 bits per heavy atom. The van der Waals surface area contributed by atoms with Gasteiger partial charge >= 0.3 is 6.03 Å². The van der Waals surface area contributed by atoms with Crippen molar-refractivity contribution in [2.24, 2.45) is 0 Å². The smallest absolute Gasteiger partial charge is 0.292 e. The molecule has 0 saturated carbocycles. The minimum absolute atomic E-state index is 0.223. The first-order valence-electron chi connectivity index (χ1n) is 6.45. The predicted molar refractivity (Wildman–Crippen MR) is 72.6 cm³/mol. The van der Waals surface area contributed by atoms with E-state index < -0.39 is 23.4 Å². The molecule has 106 valence electrons. The fourth-order valence-corrected chi connectivity index (χ4v) is 2.07. The van der Waals surface area contributed by atoms with Crippen LogP contribution in [0.1, 0.15) is 19.4 Å². The Hall–Kier alpha value is -2.21. The van der Waals surface area contributed by atoms with Crippen molar-refractivity contribution >= 4 is 17.8 Å². The van der Waals surface area contributed by atoms with Crippen LogP contribution in [0.5, 0.6) is 0 Å². The Labute approximate surface area is 117 Å². The van der Waals surface area contributed by atoms with Crippen molar-refractivity contribution in [3.63, 3.8) is 0 Å². The second kappa shape index (κ2) is 5.42. The van der Waals surface area contributed by atoms with Gasteiger partial charge in [-0.15, -0.1) is 0 Å². The third-order valence-electron chi connectivity index (χ3n) is 3.40. The van der Waals surface area contributed by atoms with Gasteiger partial charge in [-0.1, -0.05) is 30.3 Å². The molecule has 1 aliphatic heterocycles. The molecular weight excluding hydrogens is 258 g/mol. The van der Waals surface area contributed by atoms with Crippen LogP contribution in [-0.4, -0.2) is 34.8 Å². The topological polar surface area (TPSA) is 78.5 Å². The normalized spacial score (nSPS) is 22.9. The van der Waals surface area contributed by atoms with Gasteiger partial charge in [-0.3, -0.25) is 25.1 Å². The average Bonchev–Trinajstić information content (AvgIpc) is 2.45. The van der Waals surface area contributed by atoms with Crippen LogP contribution < -0.4 is 10.6 Å². The maximum absolute atomic E-state index is 12.3. The molecule has 1 atom stereocenters. The molecular formula is C14H17N3O3. The molecule has 4 amide bonds. The summed E-state index contributed by atoms with van der Waals surface area (Å²) >= 11 is 0. The molecule has 20 heavy (non-hydrogen) atoms. The van der Waals surface area contributed by atoms with E-state index in [-0.39, 0.29) is 6.54 Å². The highest BCUT2D eigenvalue weighted by Crippen LogP contribution is 2.16. The van der Waals surface area contributed by atoms with Crippen LogP contribution in [0.2, 0.25) is 0 Å². The first kappa shape index (κ1) is 14.2. The average molecular weight is 275 g/mol. The minimum atomic E-state index is -1.43. The van der Waals surface area contributed by atoms with Crippen LogP contribution in [0.3, 0.4) is 0 Å². The lowest BCUT2D eigenvalue weighted by Crippen LogP contribution is -2.71. The van der Waals surface area contributed by atoms with Gasteiger partial charge in [-0.2, -0.15) is 0 Å². The second-order valence-electron chi connectivity index (χ2n) is 4.77. The van der Waals surface area contributed by atoms with Gasteiger partial charge in [0.2, 0.25) is 0 Å². The van der Waals surface area contributed by atoms with Gasteiger partial charge < -0.3 is 0 Å². The van der Waals surface area contributed by atoms with E-state index in [0.29, 0.717) is 6.54 Å². The van der Waals surface area contributed by atoms with E-state index in [4.69, 9.17) is 0 Å². The molecule has 1 saturated heterocycles. The van der Waals surface area contributed by atoms with Crippen molar-refractivity contribution in [2.45, 2.75) is 25.9 Å². The van der Waals surface area contributed by atoms with E-state index in [1.165, 1.54) is 6.92 Å². The van der Waals surface area contributed by atoms with Crippen molar-refractivity contribution in [1.82, 2.24) is 15.5 Å². The number of rotatable bonds is 4. The van der Waals surface area contributed by atoms with E-state index in [1.807, 2.05) is 30.3 Å². The summed E-state index contributed by atoms with van der Waals surface area (Å²) in [7, 11) is 0. The molecule has 1 unspecified atom stereocenters. The maximum Gasteiger partial charge on any atom is 0.330 e. The molecule has 2 rings (SSSR count).